The van der Waals surface area contributed by atoms with E-state index in [-0.39, 0.29) is 18.2 Å². The maximum absolute atomic E-state index is 9.93. The van der Waals surface area contributed by atoms with Crippen LogP contribution in [0.2, 0.25) is 0 Å². The lowest BCUT2D eigenvalue weighted by atomic mass is 10.2. The zero-order chi connectivity index (χ0) is 11.7. The highest BCUT2D eigenvalue weighted by Gasteiger charge is 2.31. The van der Waals surface area contributed by atoms with Gasteiger partial charge >= 0.3 is 0 Å². The summed E-state index contributed by atoms with van der Waals surface area (Å²) in [5.74, 6) is 1.50. The Morgan fingerprint density at radius 1 is 1.53 bits per heavy atom. The average Bonchev–Trinajstić information content (AvgIpc) is 2.95. The van der Waals surface area contributed by atoms with E-state index in [1.165, 1.54) is 6.42 Å². The number of aromatic hydroxyl groups is 1. The molecule has 1 aliphatic carbocycles. The van der Waals surface area contributed by atoms with Gasteiger partial charge in [-0.2, -0.15) is 0 Å². The van der Waals surface area contributed by atoms with Crippen LogP contribution in [0.3, 0.4) is 0 Å². The molecule has 0 aromatic heterocycles. The summed E-state index contributed by atoms with van der Waals surface area (Å²) in [4.78, 5) is 0. The molecule has 2 rings (SSSR count). The van der Waals surface area contributed by atoms with Gasteiger partial charge < -0.3 is 15.2 Å². The second kappa shape index (κ2) is 5.94. The maximum Gasteiger partial charge on any atom is 0.162 e. The molecule has 0 aliphatic heterocycles. The largest absolute Gasteiger partial charge is 0.504 e. The Balaban J connectivity index is 0.00000144. The van der Waals surface area contributed by atoms with Crippen molar-refractivity contribution in [3.05, 3.63) is 22.2 Å². The van der Waals surface area contributed by atoms with Crippen LogP contribution in [-0.2, 0) is 6.54 Å². The first-order chi connectivity index (χ1) is 7.61. The first-order valence-electron chi connectivity index (χ1n) is 5.40. The van der Waals surface area contributed by atoms with Crippen molar-refractivity contribution in [3.8, 4) is 11.5 Å². The van der Waals surface area contributed by atoms with Crippen molar-refractivity contribution in [2.24, 2.45) is 5.92 Å². The summed E-state index contributed by atoms with van der Waals surface area (Å²) in [6, 6.07) is 4.28. The molecular weight excluding hydrogens is 305 g/mol. The number of methoxy groups -OCH3 is 1. The van der Waals surface area contributed by atoms with E-state index in [1.807, 2.05) is 6.07 Å². The quantitative estimate of drug-likeness (QED) is 0.895. The Labute approximate surface area is 116 Å². The summed E-state index contributed by atoms with van der Waals surface area (Å²) in [6.45, 7) is 2.90. The Hall–Kier alpha value is -0.450. The molecule has 0 spiro atoms. The molecule has 2 unspecified atom stereocenters. The highest BCUT2D eigenvalue weighted by Crippen LogP contribution is 2.35. The molecule has 1 aromatic rings. The zero-order valence-electron chi connectivity index (χ0n) is 9.87. The van der Waals surface area contributed by atoms with Crippen molar-refractivity contribution in [2.45, 2.75) is 25.9 Å². The number of hydrogen-bond donors (Lipinski definition) is 2. The smallest absolute Gasteiger partial charge is 0.162 e. The second-order valence-electron chi connectivity index (χ2n) is 4.32. The third-order valence-corrected chi connectivity index (χ3v) is 3.46. The Kier molecular flexibility index (Phi) is 5.10. The summed E-state index contributed by atoms with van der Waals surface area (Å²) >= 11 is 3.40. The van der Waals surface area contributed by atoms with Gasteiger partial charge in [0.05, 0.1) is 7.11 Å². The Morgan fingerprint density at radius 2 is 2.18 bits per heavy atom. The van der Waals surface area contributed by atoms with E-state index in [9.17, 15) is 5.11 Å². The summed E-state index contributed by atoms with van der Waals surface area (Å²) in [5.41, 5.74) is 0.866. The molecule has 0 radical (unpaired) electrons. The number of nitrogens with one attached hydrogen (secondary N) is 1. The summed E-state index contributed by atoms with van der Waals surface area (Å²) < 4.78 is 6.02. The lowest BCUT2D eigenvalue weighted by Gasteiger charge is -2.10. The number of benzene rings is 1. The summed E-state index contributed by atoms with van der Waals surface area (Å²) in [5, 5.41) is 13.3. The van der Waals surface area contributed by atoms with E-state index >= 15 is 0 Å². The third kappa shape index (κ3) is 3.50. The number of hydrogen-bond acceptors (Lipinski definition) is 3. The van der Waals surface area contributed by atoms with Crippen LogP contribution in [0.15, 0.2) is 16.6 Å². The number of phenols is 1. The fourth-order valence-electron chi connectivity index (χ4n) is 1.77. The zero-order valence-corrected chi connectivity index (χ0v) is 12.3. The van der Waals surface area contributed by atoms with E-state index in [0.29, 0.717) is 18.3 Å². The minimum Gasteiger partial charge on any atom is -0.504 e. The van der Waals surface area contributed by atoms with Crippen LogP contribution < -0.4 is 10.1 Å². The van der Waals surface area contributed by atoms with Gasteiger partial charge in [-0.15, -0.1) is 12.4 Å². The lowest BCUT2D eigenvalue weighted by Crippen LogP contribution is -2.17. The molecule has 2 N–H and O–H groups in total. The monoisotopic (exact) mass is 321 g/mol. The minimum absolute atomic E-state index is 0. The van der Waals surface area contributed by atoms with Crippen LogP contribution in [-0.4, -0.2) is 18.3 Å². The number of ether oxygens (including phenoxy) is 1. The van der Waals surface area contributed by atoms with Crippen LogP contribution in [0.1, 0.15) is 18.9 Å². The Bertz CT molecular complexity index is 400. The highest BCUT2D eigenvalue weighted by atomic mass is 79.9. The van der Waals surface area contributed by atoms with E-state index in [2.05, 4.69) is 28.2 Å². The van der Waals surface area contributed by atoms with E-state index in [1.54, 1.807) is 13.2 Å². The highest BCUT2D eigenvalue weighted by molar-refractivity contribution is 9.10. The van der Waals surface area contributed by atoms with Gasteiger partial charge in [0.25, 0.3) is 0 Å². The molecule has 3 nitrogen and oxygen atoms in total. The maximum atomic E-state index is 9.93. The molecule has 2 atom stereocenters. The molecule has 5 heteroatoms. The molecule has 1 aliphatic rings. The van der Waals surface area contributed by atoms with Gasteiger partial charge in [-0.3, -0.25) is 0 Å². The number of phenolic OH excluding ortho intramolecular Hbond substituents is 1. The van der Waals surface area contributed by atoms with Crippen LogP contribution in [0.5, 0.6) is 11.5 Å². The van der Waals surface area contributed by atoms with Crippen molar-refractivity contribution < 1.29 is 9.84 Å². The molecule has 1 fully saturated rings. The van der Waals surface area contributed by atoms with Crippen LogP contribution in [0, 0.1) is 5.92 Å². The van der Waals surface area contributed by atoms with Gasteiger partial charge in [0.2, 0.25) is 0 Å². The van der Waals surface area contributed by atoms with E-state index in [4.69, 9.17) is 4.74 Å². The molecule has 1 aromatic carbocycles. The van der Waals surface area contributed by atoms with Gasteiger partial charge in [-0.05, 0) is 24.5 Å². The van der Waals surface area contributed by atoms with Gasteiger partial charge in [-0.1, -0.05) is 22.9 Å². The van der Waals surface area contributed by atoms with Crippen molar-refractivity contribution in [1.82, 2.24) is 5.32 Å². The number of halogens is 2. The topological polar surface area (TPSA) is 41.5 Å². The molecule has 0 amide bonds. The SMILES string of the molecule is COc1cc(Br)cc(CNC2CC2C)c1O.Cl. The third-order valence-electron chi connectivity index (χ3n) is 3.00. The molecule has 1 saturated carbocycles. The molecule has 17 heavy (non-hydrogen) atoms. The lowest BCUT2D eigenvalue weighted by molar-refractivity contribution is 0.369. The van der Waals surface area contributed by atoms with Crippen molar-refractivity contribution in [3.63, 3.8) is 0 Å². The van der Waals surface area contributed by atoms with Crippen LogP contribution in [0.4, 0.5) is 0 Å². The predicted molar refractivity (Wildman–Crippen MR) is 74.0 cm³/mol. The van der Waals surface area contributed by atoms with Crippen molar-refractivity contribution in [2.75, 3.05) is 7.11 Å². The molecular formula is C12H17BrClNO2. The van der Waals surface area contributed by atoms with Crippen LogP contribution >= 0.6 is 28.3 Å². The second-order valence-corrected chi connectivity index (χ2v) is 5.23. The molecule has 96 valence electrons. The average molecular weight is 323 g/mol. The molecule has 0 bridgehead atoms. The predicted octanol–water partition coefficient (Wildman–Crippen LogP) is 3.08. The fourth-order valence-corrected chi connectivity index (χ4v) is 2.25. The normalized spacial score (nSPS) is 21.8. The first-order valence-corrected chi connectivity index (χ1v) is 6.20. The van der Waals surface area contributed by atoms with E-state index in [0.717, 1.165) is 16.0 Å². The van der Waals surface area contributed by atoms with Gasteiger partial charge in [0.1, 0.15) is 0 Å². The van der Waals surface area contributed by atoms with Gasteiger partial charge in [0.15, 0.2) is 11.5 Å². The molecule has 0 saturated heterocycles. The van der Waals surface area contributed by atoms with Crippen molar-refractivity contribution in [1.29, 1.82) is 0 Å². The van der Waals surface area contributed by atoms with E-state index < -0.39 is 0 Å². The molecule has 0 heterocycles. The van der Waals surface area contributed by atoms with Crippen molar-refractivity contribution >= 4 is 28.3 Å². The summed E-state index contributed by atoms with van der Waals surface area (Å²) in [7, 11) is 1.56. The Morgan fingerprint density at radius 3 is 2.71 bits per heavy atom. The fraction of sp³-hybridized carbons (Fsp3) is 0.500. The number of rotatable bonds is 4. The first kappa shape index (κ1) is 14.6. The van der Waals surface area contributed by atoms with Gasteiger partial charge in [0, 0.05) is 22.6 Å². The standard InChI is InChI=1S/C12H16BrNO2.ClH/c1-7-3-10(7)14-6-8-4-9(13)5-11(16-2)12(8)15;/h4-5,7,10,14-15H,3,6H2,1-2H3;1H. The van der Waals surface area contributed by atoms with Gasteiger partial charge in [-0.25, -0.2) is 0 Å². The van der Waals surface area contributed by atoms with Crippen LogP contribution in [0.25, 0.3) is 0 Å². The summed E-state index contributed by atoms with van der Waals surface area (Å²) in [6.07, 6.45) is 1.23. The minimum atomic E-state index is 0.